The molecule has 0 spiro atoms. The molecule has 0 aliphatic heterocycles. The van der Waals surface area contributed by atoms with E-state index in [1.807, 2.05) is 12.1 Å². The molecule has 2 heterocycles. The number of aromatic nitrogens is 1. The van der Waals surface area contributed by atoms with Crippen LogP contribution < -0.4 is 4.90 Å². The van der Waals surface area contributed by atoms with Gasteiger partial charge in [0.25, 0.3) is 0 Å². The molecule has 3 nitrogen and oxygen atoms in total. The molecule has 0 unspecified atom stereocenters. The van der Waals surface area contributed by atoms with Crippen LogP contribution in [-0.2, 0) is 5.41 Å². The van der Waals surface area contributed by atoms with E-state index in [0.717, 1.165) is 50.6 Å². The lowest BCUT2D eigenvalue weighted by Gasteiger charge is -2.26. The van der Waals surface area contributed by atoms with Crippen LogP contribution in [0.3, 0.4) is 0 Å². The summed E-state index contributed by atoms with van der Waals surface area (Å²) in [5, 5.41) is 3.56. The van der Waals surface area contributed by atoms with Gasteiger partial charge in [-0.2, -0.15) is 0 Å². The van der Waals surface area contributed by atoms with Crippen molar-refractivity contribution in [2.24, 2.45) is 0 Å². The summed E-state index contributed by atoms with van der Waals surface area (Å²) in [7, 11) is 0. The number of fused-ring (bicyclic) bond motifs is 7. The average Bonchev–Trinajstić information content (AvgIpc) is 3.90. The Bertz CT molecular complexity index is 3080. The van der Waals surface area contributed by atoms with Gasteiger partial charge in [0, 0.05) is 49.9 Å². The Hall–Kier alpha value is -7.10. The second-order valence-corrected chi connectivity index (χ2v) is 15.4. The van der Waals surface area contributed by atoms with E-state index in [0.29, 0.717) is 0 Å². The third-order valence-corrected chi connectivity index (χ3v) is 11.8. The highest BCUT2D eigenvalue weighted by Crippen LogP contribution is 2.50. The highest BCUT2D eigenvalue weighted by atomic mass is 16.3. The molecule has 0 saturated carbocycles. The number of rotatable bonds is 6. The Kier molecular flexibility index (Phi) is 7.20. The zero-order chi connectivity index (χ0) is 37.4. The van der Waals surface area contributed by atoms with E-state index in [9.17, 15) is 0 Å². The lowest BCUT2D eigenvalue weighted by Crippen LogP contribution is -2.14. The lowest BCUT2D eigenvalue weighted by molar-refractivity contribution is 0.631. The first-order chi connectivity index (χ1) is 27.5. The van der Waals surface area contributed by atoms with Crippen molar-refractivity contribution in [3.8, 4) is 39.3 Å². The molecule has 11 rings (SSSR count). The summed E-state index contributed by atoms with van der Waals surface area (Å²) in [6, 6.07) is 70.1. The topological polar surface area (TPSA) is 21.3 Å². The Labute approximate surface area is 326 Å². The molecular weight excluding hydrogens is 681 g/mol. The zero-order valence-electron chi connectivity index (χ0n) is 31.3. The minimum atomic E-state index is -0.0148. The summed E-state index contributed by atoms with van der Waals surface area (Å²) in [5.41, 5.74) is 16.4. The number of para-hydroxylation sites is 3. The fourth-order valence-corrected chi connectivity index (χ4v) is 9.03. The third-order valence-electron chi connectivity index (χ3n) is 11.8. The van der Waals surface area contributed by atoms with Crippen LogP contribution in [0.4, 0.5) is 17.1 Å². The number of benzene rings is 8. The van der Waals surface area contributed by atoms with Crippen molar-refractivity contribution >= 4 is 49.8 Å². The summed E-state index contributed by atoms with van der Waals surface area (Å²) in [5.74, 6) is 0.851. The van der Waals surface area contributed by atoms with Crippen LogP contribution in [0, 0.1) is 0 Å². The van der Waals surface area contributed by atoms with Crippen LogP contribution in [0.5, 0.6) is 0 Å². The van der Waals surface area contributed by atoms with Crippen molar-refractivity contribution < 1.29 is 4.42 Å². The number of anilines is 3. The van der Waals surface area contributed by atoms with Gasteiger partial charge < -0.3 is 13.9 Å². The van der Waals surface area contributed by atoms with Crippen LogP contribution in [0.25, 0.3) is 72.0 Å². The van der Waals surface area contributed by atoms with Gasteiger partial charge in [0.05, 0.1) is 11.0 Å². The third kappa shape index (κ3) is 5.05. The predicted molar refractivity (Wildman–Crippen MR) is 234 cm³/mol. The molecule has 0 N–H and O–H groups in total. The molecule has 56 heavy (non-hydrogen) atoms. The van der Waals surface area contributed by atoms with Crippen molar-refractivity contribution in [1.82, 2.24) is 4.57 Å². The van der Waals surface area contributed by atoms with E-state index in [4.69, 9.17) is 4.42 Å². The minimum absolute atomic E-state index is 0.0148. The van der Waals surface area contributed by atoms with Gasteiger partial charge >= 0.3 is 0 Å². The van der Waals surface area contributed by atoms with E-state index < -0.39 is 0 Å². The van der Waals surface area contributed by atoms with E-state index in [1.54, 1.807) is 0 Å². The van der Waals surface area contributed by atoms with Crippen LogP contribution >= 0.6 is 0 Å². The zero-order valence-corrected chi connectivity index (χ0v) is 31.3. The largest absolute Gasteiger partial charge is 0.456 e. The number of nitrogens with zero attached hydrogens (tertiary/aromatic N) is 2. The Balaban J connectivity index is 1.06. The number of furan rings is 1. The van der Waals surface area contributed by atoms with Gasteiger partial charge in [-0.25, -0.2) is 0 Å². The first-order valence-corrected chi connectivity index (χ1v) is 19.3. The maximum Gasteiger partial charge on any atom is 0.135 e. The summed E-state index contributed by atoms with van der Waals surface area (Å²) < 4.78 is 8.75. The Morgan fingerprint density at radius 3 is 2.02 bits per heavy atom. The number of hydrogen-bond acceptors (Lipinski definition) is 2. The molecule has 1 aliphatic rings. The molecule has 0 fully saturated rings. The second-order valence-electron chi connectivity index (χ2n) is 15.4. The fourth-order valence-electron chi connectivity index (χ4n) is 9.03. The Morgan fingerprint density at radius 1 is 0.446 bits per heavy atom. The first-order valence-electron chi connectivity index (χ1n) is 19.3. The summed E-state index contributed by atoms with van der Waals surface area (Å²) in [6.07, 6.45) is 0. The summed E-state index contributed by atoms with van der Waals surface area (Å²) >= 11 is 0. The molecule has 0 atom stereocenters. The average molecular weight is 719 g/mol. The van der Waals surface area contributed by atoms with Crippen molar-refractivity contribution in [3.63, 3.8) is 0 Å². The molecule has 0 amide bonds. The van der Waals surface area contributed by atoms with Gasteiger partial charge in [-0.15, -0.1) is 0 Å². The van der Waals surface area contributed by atoms with Crippen LogP contribution in [0.1, 0.15) is 25.0 Å². The molecule has 0 radical (unpaired) electrons. The maximum absolute atomic E-state index is 6.37. The van der Waals surface area contributed by atoms with E-state index in [1.165, 1.54) is 49.7 Å². The van der Waals surface area contributed by atoms with Gasteiger partial charge in [-0.3, -0.25) is 0 Å². The molecule has 3 heteroatoms. The maximum atomic E-state index is 6.37. The van der Waals surface area contributed by atoms with E-state index in [2.05, 4.69) is 205 Å². The summed E-state index contributed by atoms with van der Waals surface area (Å²) in [4.78, 5) is 2.36. The molecular formula is C53H38N2O. The minimum Gasteiger partial charge on any atom is -0.456 e. The molecule has 1 aliphatic carbocycles. The van der Waals surface area contributed by atoms with Crippen molar-refractivity contribution in [1.29, 1.82) is 0 Å². The van der Waals surface area contributed by atoms with Crippen LogP contribution in [0.15, 0.2) is 199 Å². The molecule has 0 bridgehead atoms. The van der Waals surface area contributed by atoms with Crippen molar-refractivity contribution in [3.05, 3.63) is 205 Å². The highest BCUT2D eigenvalue weighted by molar-refractivity contribution is 6.10. The standard InChI is InChI=1S/C53H38N2O/c1-53(2)47-20-9-7-18-43(47)46-32-36(25-30-48(46)53)35-23-26-40(27-24-35)54(41-17-12-14-37(31-41)52-33-38-13-6-11-22-51(38)56-52)42-28-29-45-44-19-8-10-21-49(44)55(50(45)34-42)39-15-4-3-5-16-39/h3-34H,1-2H3. The second kappa shape index (κ2) is 12.5. The van der Waals surface area contributed by atoms with Gasteiger partial charge in [0.2, 0.25) is 0 Å². The van der Waals surface area contributed by atoms with Crippen LogP contribution in [-0.4, -0.2) is 4.57 Å². The fraction of sp³-hybridized carbons (Fsp3) is 0.0566. The molecule has 10 aromatic rings. The quantitative estimate of drug-likeness (QED) is 0.171. The molecule has 8 aromatic carbocycles. The normalized spacial score (nSPS) is 13.0. The van der Waals surface area contributed by atoms with E-state index in [-0.39, 0.29) is 5.41 Å². The lowest BCUT2D eigenvalue weighted by atomic mass is 9.82. The molecule has 2 aromatic heterocycles. The number of hydrogen-bond donors (Lipinski definition) is 0. The first kappa shape index (κ1) is 32.3. The molecule has 0 saturated heterocycles. The smallest absolute Gasteiger partial charge is 0.135 e. The van der Waals surface area contributed by atoms with Crippen molar-refractivity contribution in [2.45, 2.75) is 19.3 Å². The molecule has 266 valence electrons. The van der Waals surface area contributed by atoms with Gasteiger partial charge in [-0.05, 0) is 106 Å². The highest BCUT2D eigenvalue weighted by Gasteiger charge is 2.35. The predicted octanol–water partition coefficient (Wildman–Crippen LogP) is 14.6. The van der Waals surface area contributed by atoms with Gasteiger partial charge in [-0.1, -0.05) is 135 Å². The van der Waals surface area contributed by atoms with Gasteiger partial charge in [0.1, 0.15) is 11.3 Å². The van der Waals surface area contributed by atoms with Crippen molar-refractivity contribution in [2.75, 3.05) is 4.90 Å². The summed E-state index contributed by atoms with van der Waals surface area (Å²) in [6.45, 7) is 4.67. The Morgan fingerprint density at radius 2 is 1.14 bits per heavy atom. The SMILES string of the molecule is CC1(C)c2ccccc2-c2cc(-c3ccc(N(c4cccc(-c5cc6ccccc6o5)c4)c4ccc5c6ccccc6n(-c6ccccc6)c5c4)cc3)ccc21. The van der Waals surface area contributed by atoms with E-state index >= 15 is 0 Å². The van der Waals surface area contributed by atoms with Crippen LogP contribution in [0.2, 0.25) is 0 Å². The monoisotopic (exact) mass is 718 g/mol. The van der Waals surface area contributed by atoms with Gasteiger partial charge in [0.15, 0.2) is 0 Å².